The second kappa shape index (κ2) is 4.60. The average molecular weight is 198 g/mol. The Morgan fingerprint density at radius 1 is 1.36 bits per heavy atom. The quantitative estimate of drug-likeness (QED) is 0.692. The third-order valence-corrected chi connectivity index (χ3v) is 3.57. The maximum Gasteiger partial charge on any atom is 0.0471 e. The summed E-state index contributed by atoms with van der Waals surface area (Å²) in [6, 6.07) is 0.881. The van der Waals surface area contributed by atoms with E-state index in [0.717, 1.165) is 12.6 Å². The van der Waals surface area contributed by atoms with Crippen molar-refractivity contribution < 1.29 is 5.11 Å². The van der Waals surface area contributed by atoms with Gasteiger partial charge in [-0.25, -0.2) is 0 Å². The Labute approximate surface area is 86.7 Å². The average Bonchev–Trinajstić information content (AvgIpc) is 2.94. The molecule has 3 heteroatoms. The topological polar surface area (TPSA) is 26.7 Å². The molecular weight excluding hydrogens is 176 g/mol. The van der Waals surface area contributed by atoms with Crippen LogP contribution in [0.2, 0.25) is 0 Å². The molecule has 82 valence electrons. The van der Waals surface area contributed by atoms with Crippen molar-refractivity contribution >= 4 is 0 Å². The van der Waals surface area contributed by atoms with E-state index in [1.807, 2.05) is 0 Å². The number of aliphatic hydroxyl groups excluding tert-OH is 1. The number of likely N-dealkylation sites (N-methyl/N-ethyl adjacent to an activating group) is 1. The van der Waals surface area contributed by atoms with E-state index >= 15 is 0 Å². The summed E-state index contributed by atoms with van der Waals surface area (Å²) in [4.78, 5) is 4.96. The highest BCUT2D eigenvalue weighted by atomic mass is 16.3. The fourth-order valence-corrected chi connectivity index (χ4v) is 2.26. The second-order valence-corrected chi connectivity index (χ2v) is 4.85. The van der Waals surface area contributed by atoms with Gasteiger partial charge in [-0.2, -0.15) is 0 Å². The first-order chi connectivity index (χ1) is 6.79. The third-order valence-electron chi connectivity index (χ3n) is 3.57. The summed E-state index contributed by atoms with van der Waals surface area (Å²) in [6.07, 6.45) is 3.98. The van der Waals surface area contributed by atoms with Crippen LogP contribution in [0.4, 0.5) is 0 Å². The van der Waals surface area contributed by atoms with Gasteiger partial charge in [0.25, 0.3) is 0 Å². The molecule has 2 rings (SSSR count). The molecule has 2 fully saturated rings. The van der Waals surface area contributed by atoms with Crippen LogP contribution in [0.3, 0.4) is 0 Å². The zero-order chi connectivity index (χ0) is 9.97. The van der Waals surface area contributed by atoms with Crippen molar-refractivity contribution in [2.75, 3.05) is 39.8 Å². The zero-order valence-electron chi connectivity index (χ0n) is 9.15. The van der Waals surface area contributed by atoms with E-state index in [2.05, 4.69) is 16.8 Å². The fraction of sp³-hybridized carbons (Fsp3) is 1.00. The molecule has 1 aliphatic carbocycles. The van der Waals surface area contributed by atoms with Gasteiger partial charge < -0.3 is 14.9 Å². The van der Waals surface area contributed by atoms with Crippen molar-refractivity contribution in [3.05, 3.63) is 0 Å². The van der Waals surface area contributed by atoms with Crippen molar-refractivity contribution in [2.24, 2.45) is 5.92 Å². The molecule has 0 radical (unpaired) electrons. The predicted octanol–water partition coefficient (Wildman–Crippen LogP) is 0.395. The van der Waals surface area contributed by atoms with Crippen molar-refractivity contribution in [3.63, 3.8) is 0 Å². The molecule has 1 heterocycles. The van der Waals surface area contributed by atoms with E-state index < -0.39 is 0 Å². The number of aliphatic hydroxyl groups is 1. The van der Waals surface area contributed by atoms with E-state index in [1.54, 1.807) is 0 Å². The van der Waals surface area contributed by atoms with Crippen LogP contribution in [0.15, 0.2) is 0 Å². The molecule has 1 saturated heterocycles. The van der Waals surface area contributed by atoms with Gasteiger partial charge >= 0.3 is 0 Å². The number of rotatable bonds is 5. The zero-order valence-corrected chi connectivity index (χ0v) is 9.15. The first-order valence-electron chi connectivity index (χ1n) is 5.83. The maximum absolute atomic E-state index is 9.02. The Morgan fingerprint density at radius 2 is 2.14 bits per heavy atom. The Balaban J connectivity index is 1.61. The number of hydrogen-bond donors (Lipinski definition) is 1. The van der Waals surface area contributed by atoms with Crippen LogP contribution in [0, 0.1) is 5.92 Å². The van der Waals surface area contributed by atoms with Gasteiger partial charge in [0.15, 0.2) is 0 Å². The van der Waals surface area contributed by atoms with Gasteiger partial charge in [0.05, 0.1) is 0 Å². The molecule has 1 aliphatic heterocycles. The van der Waals surface area contributed by atoms with E-state index in [9.17, 15) is 0 Å². The van der Waals surface area contributed by atoms with Gasteiger partial charge in [0.1, 0.15) is 0 Å². The van der Waals surface area contributed by atoms with Crippen molar-refractivity contribution in [3.8, 4) is 0 Å². The Morgan fingerprint density at radius 3 is 2.71 bits per heavy atom. The van der Waals surface area contributed by atoms with Crippen LogP contribution < -0.4 is 0 Å². The van der Waals surface area contributed by atoms with Crippen LogP contribution in [0.25, 0.3) is 0 Å². The largest absolute Gasteiger partial charge is 0.396 e. The molecule has 1 N–H and O–H groups in total. The van der Waals surface area contributed by atoms with Crippen molar-refractivity contribution in [1.29, 1.82) is 0 Å². The van der Waals surface area contributed by atoms with Crippen LogP contribution >= 0.6 is 0 Å². The monoisotopic (exact) mass is 198 g/mol. The van der Waals surface area contributed by atoms with E-state index in [1.165, 1.54) is 38.9 Å². The maximum atomic E-state index is 9.02. The summed E-state index contributed by atoms with van der Waals surface area (Å²) >= 11 is 0. The summed E-state index contributed by atoms with van der Waals surface area (Å²) in [5.74, 6) is 0.543. The molecule has 0 aromatic carbocycles. The molecule has 1 saturated carbocycles. The minimum absolute atomic E-state index is 0.370. The van der Waals surface area contributed by atoms with E-state index in [0.29, 0.717) is 12.5 Å². The first kappa shape index (κ1) is 10.4. The van der Waals surface area contributed by atoms with Crippen LogP contribution in [-0.2, 0) is 0 Å². The summed E-state index contributed by atoms with van der Waals surface area (Å²) in [6.45, 7) is 5.04. The van der Waals surface area contributed by atoms with Gasteiger partial charge in [-0.15, -0.1) is 0 Å². The van der Waals surface area contributed by atoms with Crippen LogP contribution in [0.1, 0.15) is 19.3 Å². The lowest BCUT2D eigenvalue weighted by atomic mass is 10.1. The van der Waals surface area contributed by atoms with Gasteiger partial charge in [-0.1, -0.05) is 0 Å². The minimum atomic E-state index is 0.370. The van der Waals surface area contributed by atoms with Crippen LogP contribution in [-0.4, -0.2) is 60.8 Å². The molecule has 1 atom stereocenters. The highest BCUT2D eigenvalue weighted by Crippen LogP contribution is 2.25. The lowest BCUT2D eigenvalue weighted by Gasteiger charge is -2.21. The molecule has 2 aliphatic rings. The highest BCUT2D eigenvalue weighted by Gasteiger charge is 2.27. The first-order valence-corrected chi connectivity index (χ1v) is 5.83. The van der Waals surface area contributed by atoms with Gasteiger partial charge in [0.2, 0.25) is 0 Å². The summed E-state index contributed by atoms with van der Waals surface area (Å²) in [5.41, 5.74) is 0. The number of likely N-dealkylation sites (tertiary alicyclic amines) is 1. The minimum Gasteiger partial charge on any atom is -0.396 e. The molecule has 3 nitrogen and oxygen atoms in total. The van der Waals surface area contributed by atoms with Gasteiger partial charge in [-0.3, -0.25) is 0 Å². The summed E-state index contributed by atoms with van der Waals surface area (Å²) in [7, 11) is 2.23. The van der Waals surface area contributed by atoms with Crippen molar-refractivity contribution in [2.45, 2.75) is 25.3 Å². The second-order valence-electron chi connectivity index (χ2n) is 4.85. The van der Waals surface area contributed by atoms with Crippen molar-refractivity contribution in [1.82, 2.24) is 9.80 Å². The van der Waals surface area contributed by atoms with Crippen LogP contribution in [0.5, 0.6) is 0 Å². The Hall–Kier alpha value is -0.120. The van der Waals surface area contributed by atoms with E-state index in [4.69, 9.17) is 5.11 Å². The number of hydrogen-bond acceptors (Lipinski definition) is 3. The lowest BCUT2D eigenvalue weighted by molar-refractivity contribution is 0.210. The molecule has 1 unspecified atom stereocenters. The molecular formula is C11H22N2O. The van der Waals surface area contributed by atoms with Gasteiger partial charge in [0, 0.05) is 32.3 Å². The standard InChI is InChI=1S/C11H22N2O/c1-12(11-2-3-11)6-7-13-5-4-10(8-13)9-14/h10-11,14H,2-9H2,1H3. The highest BCUT2D eigenvalue weighted by molar-refractivity contribution is 4.83. The number of nitrogens with zero attached hydrogens (tertiary/aromatic N) is 2. The molecule has 0 aromatic heterocycles. The summed E-state index contributed by atoms with van der Waals surface area (Å²) < 4.78 is 0. The molecule has 0 aromatic rings. The molecule has 0 amide bonds. The SMILES string of the molecule is CN(CCN1CCC(CO)C1)C1CC1. The Kier molecular flexibility index (Phi) is 3.42. The fourth-order valence-electron chi connectivity index (χ4n) is 2.26. The third kappa shape index (κ3) is 2.69. The Bertz CT molecular complexity index is 182. The van der Waals surface area contributed by atoms with E-state index in [-0.39, 0.29) is 0 Å². The lowest BCUT2D eigenvalue weighted by Crippen LogP contribution is -2.33. The normalized spacial score (nSPS) is 28.9. The molecule has 0 bridgehead atoms. The smallest absolute Gasteiger partial charge is 0.0471 e. The molecule has 14 heavy (non-hydrogen) atoms. The predicted molar refractivity (Wildman–Crippen MR) is 57.3 cm³/mol. The molecule has 0 spiro atoms. The summed E-state index contributed by atoms with van der Waals surface area (Å²) in [5, 5.41) is 9.02. The van der Waals surface area contributed by atoms with Gasteiger partial charge in [-0.05, 0) is 38.8 Å².